The van der Waals surface area contributed by atoms with Crippen molar-refractivity contribution in [2.75, 3.05) is 6.54 Å². The minimum atomic E-state index is -0.864. The molecule has 32 heavy (non-hydrogen) atoms. The Kier molecular flexibility index (Phi) is 8.60. The molecular formula is C28H33NO3. The van der Waals surface area contributed by atoms with Crippen LogP contribution in [0.2, 0.25) is 0 Å². The summed E-state index contributed by atoms with van der Waals surface area (Å²) in [5.74, 6) is -0.864. The van der Waals surface area contributed by atoms with Gasteiger partial charge in [-0.1, -0.05) is 80.1 Å². The van der Waals surface area contributed by atoms with Gasteiger partial charge in [0.25, 0.3) is 0 Å². The second kappa shape index (κ2) is 11.6. The van der Waals surface area contributed by atoms with Gasteiger partial charge in [-0.05, 0) is 60.1 Å². The molecule has 4 heteroatoms. The zero-order valence-corrected chi connectivity index (χ0v) is 18.9. The molecule has 2 atom stereocenters. The molecule has 3 aromatic rings. The van der Waals surface area contributed by atoms with Crippen molar-refractivity contribution in [2.45, 2.75) is 51.7 Å². The summed E-state index contributed by atoms with van der Waals surface area (Å²) in [6.07, 6.45) is 3.14. The van der Waals surface area contributed by atoms with Crippen molar-refractivity contribution in [3.05, 3.63) is 95.1 Å². The quantitative estimate of drug-likeness (QED) is 0.367. The van der Waals surface area contributed by atoms with Crippen LogP contribution in [0.15, 0.2) is 72.8 Å². The van der Waals surface area contributed by atoms with Gasteiger partial charge >= 0.3 is 5.97 Å². The van der Waals surface area contributed by atoms with E-state index in [9.17, 15) is 15.0 Å². The van der Waals surface area contributed by atoms with E-state index in [1.54, 1.807) is 6.07 Å². The van der Waals surface area contributed by atoms with Crippen LogP contribution in [-0.4, -0.2) is 28.8 Å². The molecule has 0 fully saturated rings. The van der Waals surface area contributed by atoms with Crippen LogP contribution in [0.1, 0.15) is 59.8 Å². The third kappa shape index (κ3) is 6.52. The molecule has 3 rings (SSSR count). The number of carbonyl (C=O) groups is 1. The zero-order chi connectivity index (χ0) is 22.9. The van der Waals surface area contributed by atoms with Gasteiger partial charge in [0, 0.05) is 12.6 Å². The summed E-state index contributed by atoms with van der Waals surface area (Å²) >= 11 is 0. The van der Waals surface area contributed by atoms with E-state index in [0.29, 0.717) is 12.1 Å². The molecule has 168 valence electrons. The molecule has 0 bridgehead atoms. The van der Waals surface area contributed by atoms with Crippen molar-refractivity contribution in [3.63, 3.8) is 0 Å². The third-order valence-electron chi connectivity index (χ3n) is 5.81. The number of rotatable bonds is 11. The summed E-state index contributed by atoms with van der Waals surface area (Å²) in [6, 6.07) is 24.0. The number of hydrogen-bond acceptors (Lipinski definition) is 3. The number of aryl methyl sites for hydroxylation is 1. The van der Waals surface area contributed by atoms with Crippen LogP contribution in [0, 0.1) is 0 Å². The van der Waals surface area contributed by atoms with E-state index in [4.69, 9.17) is 0 Å². The van der Waals surface area contributed by atoms with Crippen LogP contribution >= 0.6 is 0 Å². The van der Waals surface area contributed by atoms with E-state index in [-0.39, 0.29) is 6.04 Å². The SMILES string of the molecule is CCCCc1cc(-c2ccc(C[C@@H](C)NC[C@H](O)c3ccccc3)cc2)ccc1C(=O)O. The molecule has 0 aliphatic heterocycles. The number of carboxylic acids is 1. The van der Waals surface area contributed by atoms with E-state index in [0.717, 1.165) is 47.9 Å². The number of aliphatic hydroxyl groups is 1. The Morgan fingerprint density at radius 3 is 2.31 bits per heavy atom. The first kappa shape index (κ1) is 23.7. The van der Waals surface area contributed by atoms with E-state index in [1.165, 1.54) is 5.56 Å². The highest BCUT2D eigenvalue weighted by atomic mass is 16.4. The number of aliphatic hydroxyl groups excluding tert-OH is 1. The lowest BCUT2D eigenvalue weighted by molar-refractivity contribution is 0.0695. The van der Waals surface area contributed by atoms with Crippen molar-refractivity contribution < 1.29 is 15.0 Å². The highest BCUT2D eigenvalue weighted by Crippen LogP contribution is 2.25. The molecule has 0 radical (unpaired) electrons. The van der Waals surface area contributed by atoms with Gasteiger partial charge in [0.15, 0.2) is 0 Å². The smallest absolute Gasteiger partial charge is 0.335 e. The van der Waals surface area contributed by atoms with Gasteiger partial charge in [0.05, 0.1) is 11.7 Å². The third-order valence-corrected chi connectivity index (χ3v) is 5.81. The molecule has 0 heterocycles. The number of hydrogen-bond donors (Lipinski definition) is 3. The Hall–Kier alpha value is -2.95. The molecule has 0 saturated carbocycles. The highest BCUT2D eigenvalue weighted by Gasteiger charge is 2.12. The number of unbranched alkanes of at least 4 members (excludes halogenated alkanes) is 1. The topological polar surface area (TPSA) is 69.6 Å². The normalized spacial score (nSPS) is 13.0. The fourth-order valence-corrected chi connectivity index (χ4v) is 3.92. The van der Waals surface area contributed by atoms with Gasteiger partial charge in [-0.2, -0.15) is 0 Å². The van der Waals surface area contributed by atoms with Crippen LogP contribution in [0.4, 0.5) is 0 Å². The van der Waals surface area contributed by atoms with Gasteiger partial charge in [-0.25, -0.2) is 4.79 Å². The molecule has 0 saturated heterocycles. The van der Waals surface area contributed by atoms with E-state index in [1.807, 2.05) is 42.5 Å². The van der Waals surface area contributed by atoms with Gasteiger partial charge in [0.2, 0.25) is 0 Å². The Balaban J connectivity index is 1.61. The standard InChI is InChI=1S/C28H33NO3/c1-3-4-8-25-18-24(15-16-26(25)28(31)32)22-13-11-21(12-14-22)17-20(2)29-19-27(30)23-9-6-5-7-10-23/h5-7,9-16,18,20,27,29-30H,3-4,8,17,19H2,1-2H3,(H,31,32)/t20-,27+/m1/s1. The van der Waals surface area contributed by atoms with Crippen molar-refractivity contribution in [1.82, 2.24) is 5.32 Å². The van der Waals surface area contributed by atoms with Crippen LogP contribution in [0.5, 0.6) is 0 Å². The first-order chi connectivity index (χ1) is 15.5. The maximum Gasteiger partial charge on any atom is 0.335 e. The highest BCUT2D eigenvalue weighted by molar-refractivity contribution is 5.90. The van der Waals surface area contributed by atoms with Crippen molar-refractivity contribution in [2.24, 2.45) is 0 Å². The predicted octanol–water partition coefficient (Wildman–Crippen LogP) is 5.65. The summed E-state index contributed by atoms with van der Waals surface area (Å²) < 4.78 is 0. The molecule has 4 nitrogen and oxygen atoms in total. The molecule has 0 amide bonds. The Morgan fingerprint density at radius 1 is 0.969 bits per heavy atom. The minimum absolute atomic E-state index is 0.231. The first-order valence-corrected chi connectivity index (χ1v) is 11.4. The summed E-state index contributed by atoms with van der Waals surface area (Å²) in [7, 11) is 0. The van der Waals surface area contributed by atoms with Crippen molar-refractivity contribution in [3.8, 4) is 11.1 Å². The lowest BCUT2D eigenvalue weighted by Gasteiger charge is -2.18. The molecule has 3 aromatic carbocycles. The van der Waals surface area contributed by atoms with Gasteiger partial charge in [-0.3, -0.25) is 0 Å². The molecule has 3 N–H and O–H groups in total. The Labute approximate surface area is 190 Å². The van der Waals surface area contributed by atoms with Crippen LogP contribution in [0.25, 0.3) is 11.1 Å². The fourth-order valence-electron chi connectivity index (χ4n) is 3.92. The summed E-state index contributed by atoms with van der Waals surface area (Å²) in [5.41, 5.74) is 5.57. The molecule has 0 unspecified atom stereocenters. The van der Waals surface area contributed by atoms with Crippen LogP contribution in [-0.2, 0) is 12.8 Å². The Morgan fingerprint density at radius 2 is 1.66 bits per heavy atom. The minimum Gasteiger partial charge on any atom is -0.478 e. The maximum absolute atomic E-state index is 11.5. The second-order valence-corrected chi connectivity index (χ2v) is 8.42. The van der Waals surface area contributed by atoms with Crippen molar-refractivity contribution >= 4 is 5.97 Å². The van der Waals surface area contributed by atoms with Crippen LogP contribution < -0.4 is 5.32 Å². The molecule has 0 aliphatic carbocycles. The summed E-state index contributed by atoms with van der Waals surface area (Å²) in [4.78, 5) is 11.5. The Bertz CT molecular complexity index is 999. The number of aromatic carboxylic acids is 1. The summed E-state index contributed by atoms with van der Waals surface area (Å²) in [5, 5.41) is 23.2. The van der Waals surface area contributed by atoms with Gasteiger partial charge in [-0.15, -0.1) is 0 Å². The predicted molar refractivity (Wildman–Crippen MR) is 130 cm³/mol. The average Bonchev–Trinajstić information content (AvgIpc) is 2.82. The van der Waals surface area contributed by atoms with Crippen LogP contribution in [0.3, 0.4) is 0 Å². The lowest BCUT2D eigenvalue weighted by Crippen LogP contribution is -2.32. The fraction of sp³-hybridized carbons (Fsp3) is 0.321. The summed E-state index contributed by atoms with van der Waals surface area (Å²) in [6.45, 7) is 4.75. The number of nitrogens with one attached hydrogen (secondary N) is 1. The first-order valence-electron chi connectivity index (χ1n) is 11.4. The molecule has 0 aromatic heterocycles. The molecule has 0 aliphatic rings. The monoisotopic (exact) mass is 431 g/mol. The van der Waals surface area contributed by atoms with Crippen molar-refractivity contribution in [1.29, 1.82) is 0 Å². The molecule has 0 spiro atoms. The van der Waals surface area contributed by atoms with E-state index in [2.05, 4.69) is 43.4 Å². The van der Waals surface area contributed by atoms with Gasteiger partial charge < -0.3 is 15.5 Å². The lowest BCUT2D eigenvalue weighted by atomic mass is 9.95. The number of benzene rings is 3. The maximum atomic E-state index is 11.5. The van der Waals surface area contributed by atoms with E-state index < -0.39 is 12.1 Å². The van der Waals surface area contributed by atoms with Gasteiger partial charge in [0.1, 0.15) is 0 Å². The number of carboxylic acid groups (broad SMARTS) is 1. The molecular weight excluding hydrogens is 398 g/mol. The second-order valence-electron chi connectivity index (χ2n) is 8.42. The average molecular weight is 432 g/mol. The largest absolute Gasteiger partial charge is 0.478 e. The zero-order valence-electron chi connectivity index (χ0n) is 18.9. The van der Waals surface area contributed by atoms with E-state index >= 15 is 0 Å².